The number of carbonyl (C=O) groups is 1. The van der Waals surface area contributed by atoms with Crippen molar-refractivity contribution in [2.24, 2.45) is 5.92 Å². The molecule has 0 bridgehead atoms. The van der Waals surface area contributed by atoms with Crippen molar-refractivity contribution in [3.05, 3.63) is 64.7 Å². The van der Waals surface area contributed by atoms with Crippen molar-refractivity contribution in [3.8, 4) is 0 Å². The normalized spacial score (nSPS) is 11.7. The van der Waals surface area contributed by atoms with Gasteiger partial charge in [0.15, 0.2) is 5.11 Å². The molecule has 0 spiro atoms. The van der Waals surface area contributed by atoms with Crippen LogP contribution in [0.4, 0.5) is 5.69 Å². The third kappa shape index (κ3) is 5.71. The quantitative estimate of drug-likeness (QED) is 0.524. The molecule has 2 aromatic carbocycles. The average molecular weight is 391 g/mol. The summed E-state index contributed by atoms with van der Waals surface area (Å²) in [5.41, 5.74) is 2.13. The molecule has 2 N–H and O–H groups in total. The SMILES string of the molecule is COC(=O)c1ccc(Cl)c(NC(=S)N[C@@H](CC(C)C)c2ccccc2)c1. The Morgan fingerprint density at radius 3 is 2.50 bits per heavy atom. The Labute approximate surface area is 164 Å². The number of esters is 1. The van der Waals surface area contributed by atoms with E-state index in [9.17, 15) is 4.79 Å². The molecule has 0 aliphatic carbocycles. The maximum atomic E-state index is 11.7. The Kier molecular flexibility index (Phi) is 7.42. The van der Waals surface area contributed by atoms with Gasteiger partial charge in [-0.3, -0.25) is 0 Å². The molecule has 1 atom stereocenters. The van der Waals surface area contributed by atoms with Crippen molar-refractivity contribution in [2.45, 2.75) is 26.3 Å². The molecule has 0 heterocycles. The summed E-state index contributed by atoms with van der Waals surface area (Å²) < 4.78 is 4.74. The van der Waals surface area contributed by atoms with Crippen LogP contribution >= 0.6 is 23.8 Å². The van der Waals surface area contributed by atoms with Gasteiger partial charge in [0, 0.05) is 0 Å². The third-order valence-corrected chi connectivity index (χ3v) is 4.40. The lowest BCUT2D eigenvalue weighted by molar-refractivity contribution is 0.0601. The lowest BCUT2D eigenvalue weighted by Crippen LogP contribution is -2.33. The van der Waals surface area contributed by atoms with Crippen molar-refractivity contribution in [3.63, 3.8) is 0 Å². The predicted octanol–water partition coefficient (Wildman–Crippen LogP) is 5.20. The third-order valence-electron chi connectivity index (χ3n) is 3.85. The molecule has 0 saturated heterocycles. The molecule has 2 aromatic rings. The summed E-state index contributed by atoms with van der Waals surface area (Å²) in [4.78, 5) is 11.7. The summed E-state index contributed by atoms with van der Waals surface area (Å²) in [5.74, 6) is 0.0762. The summed E-state index contributed by atoms with van der Waals surface area (Å²) >= 11 is 11.7. The topological polar surface area (TPSA) is 50.4 Å². The van der Waals surface area contributed by atoms with Crippen LogP contribution in [0.5, 0.6) is 0 Å². The number of carbonyl (C=O) groups excluding carboxylic acids is 1. The van der Waals surface area contributed by atoms with Crippen LogP contribution in [0.25, 0.3) is 0 Å². The number of thiocarbonyl (C=S) groups is 1. The van der Waals surface area contributed by atoms with E-state index in [0.717, 1.165) is 6.42 Å². The van der Waals surface area contributed by atoms with Crippen molar-refractivity contribution < 1.29 is 9.53 Å². The smallest absolute Gasteiger partial charge is 0.337 e. The standard InChI is InChI=1S/C20H23ClN2O2S/c1-13(2)11-17(14-7-5-4-6-8-14)22-20(26)23-18-12-15(19(24)25-3)9-10-16(18)21/h4-10,12-13,17H,11H2,1-3H3,(H2,22,23,26)/t17-/m0/s1. The second-order valence-electron chi connectivity index (χ2n) is 6.38. The molecular weight excluding hydrogens is 368 g/mol. The van der Waals surface area contributed by atoms with Crippen LogP contribution in [0.1, 0.15) is 42.2 Å². The number of ether oxygens (including phenoxy) is 1. The van der Waals surface area contributed by atoms with E-state index in [1.807, 2.05) is 18.2 Å². The van der Waals surface area contributed by atoms with E-state index in [1.54, 1.807) is 18.2 Å². The fourth-order valence-corrected chi connectivity index (χ4v) is 3.03. The lowest BCUT2D eigenvalue weighted by atomic mass is 9.97. The van der Waals surface area contributed by atoms with E-state index in [-0.39, 0.29) is 6.04 Å². The van der Waals surface area contributed by atoms with Crippen molar-refractivity contribution in [2.75, 3.05) is 12.4 Å². The molecule has 0 aromatic heterocycles. The summed E-state index contributed by atoms with van der Waals surface area (Å²) in [7, 11) is 1.34. The molecule has 0 fully saturated rings. The van der Waals surface area contributed by atoms with Crippen molar-refractivity contribution in [1.29, 1.82) is 0 Å². The first-order valence-electron chi connectivity index (χ1n) is 8.41. The van der Waals surface area contributed by atoms with Gasteiger partial charge in [0.2, 0.25) is 0 Å². The molecular formula is C20H23ClN2O2S. The molecule has 2 rings (SSSR count). The number of hydrogen-bond acceptors (Lipinski definition) is 3. The molecule has 138 valence electrons. The summed E-state index contributed by atoms with van der Waals surface area (Å²) in [6.07, 6.45) is 0.932. The van der Waals surface area contributed by atoms with Crippen LogP contribution in [0.15, 0.2) is 48.5 Å². The van der Waals surface area contributed by atoms with Gasteiger partial charge in [0.05, 0.1) is 29.4 Å². The van der Waals surface area contributed by atoms with Crippen LogP contribution in [-0.2, 0) is 4.74 Å². The minimum atomic E-state index is -0.425. The number of anilines is 1. The summed E-state index contributed by atoms with van der Waals surface area (Å²) in [6, 6.07) is 15.1. The number of benzene rings is 2. The van der Waals surface area contributed by atoms with E-state index < -0.39 is 5.97 Å². The molecule has 0 saturated carbocycles. The maximum absolute atomic E-state index is 11.7. The van der Waals surface area contributed by atoms with Gasteiger partial charge < -0.3 is 15.4 Å². The number of hydrogen-bond donors (Lipinski definition) is 2. The van der Waals surface area contributed by atoms with Crippen LogP contribution in [0.3, 0.4) is 0 Å². The van der Waals surface area contributed by atoms with Gasteiger partial charge >= 0.3 is 5.97 Å². The molecule has 0 aliphatic rings. The van der Waals surface area contributed by atoms with Crippen molar-refractivity contribution in [1.82, 2.24) is 5.32 Å². The van der Waals surface area contributed by atoms with Gasteiger partial charge in [-0.25, -0.2) is 4.79 Å². The van der Waals surface area contributed by atoms with E-state index >= 15 is 0 Å². The number of halogens is 1. The highest BCUT2D eigenvalue weighted by atomic mass is 35.5. The van der Waals surface area contributed by atoms with Crippen molar-refractivity contribution >= 4 is 40.6 Å². The van der Waals surface area contributed by atoms with E-state index in [4.69, 9.17) is 28.6 Å². The Bertz CT molecular complexity index is 766. The van der Waals surface area contributed by atoms with E-state index in [2.05, 4.69) is 36.6 Å². The molecule has 0 amide bonds. The van der Waals surface area contributed by atoms with Crippen LogP contribution < -0.4 is 10.6 Å². The average Bonchev–Trinajstić information content (AvgIpc) is 2.62. The second kappa shape index (κ2) is 9.55. The minimum absolute atomic E-state index is 0.0822. The Hall–Kier alpha value is -2.11. The number of rotatable bonds is 6. The summed E-state index contributed by atoms with van der Waals surface area (Å²) in [5, 5.41) is 7.35. The van der Waals surface area contributed by atoms with Gasteiger partial charge in [-0.1, -0.05) is 55.8 Å². The van der Waals surface area contributed by atoms with E-state index in [0.29, 0.717) is 27.3 Å². The molecule has 26 heavy (non-hydrogen) atoms. The molecule has 0 aliphatic heterocycles. The Morgan fingerprint density at radius 1 is 1.19 bits per heavy atom. The van der Waals surface area contributed by atoms with Gasteiger partial charge in [-0.2, -0.15) is 0 Å². The zero-order valence-corrected chi connectivity index (χ0v) is 16.7. The zero-order valence-electron chi connectivity index (χ0n) is 15.1. The largest absolute Gasteiger partial charge is 0.465 e. The Balaban J connectivity index is 2.14. The highest BCUT2D eigenvalue weighted by Crippen LogP contribution is 2.25. The molecule has 0 radical (unpaired) electrons. The lowest BCUT2D eigenvalue weighted by Gasteiger charge is -2.23. The highest BCUT2D eigenvalue weighted by molar-refractivity contribution is 7.80. The first kappa shape index (κ1) is 20.2. The van der Waals surface area contributed by atoms with Gasteiger partial charge in [-0.05, 0) is 48.3 Å². The fraction of sp³-hybridized carbons (Fsp3) is 0.300. The van der Waals surface area contributed by atoms with Crippen LogP contribution in [-0.4, -0.2) is 18.2 Å². The van der Waals surface area contributed by atoms with Gasteiger partial charge in [-0.15, -0.1) is 0 Å². The minimum Gasteiger partial charge on any atom is -0.465 e. The molecule has 0 unspecified atom stereocenters. The first-order valence-corrected chi connectivity index (χ1v) is 9.19. The van der Waals surface area contributed by atoms with Gasteiger partial charge in [0.25, 0.3) is 0 Å². The first-order chi connectivity index (χ1) is 12.4. The zero-order chi connectivity index (χ0) is 19.1. The van der Waals surface area contributed by atoms with Crippen LogP contribution in [0, 0.1) is 5.92 Å². The predicted molar refractivity (Wildman–Crippen MR) is 111 cm³/mol. The molecule has 6 heteroatoms. The Morgan fingerprint density at radius 2 is 1.88 bits per heavy atom. The number of methoxy groups -OCH3 is 1. The molecule has 4 nitrogen and oxygen atoms in total. The summed E-state index contributed by atoms with van der Waals surface area (Å²) in [6.45, 7) is 4.34. The highest BCUT2D eigenvalue weighted by Gasteiger charge is 2.16. The fourth-order valence-electron chi connectivity index (χ4n) is 2.62. The second-order valence-corrected chi connectivity index (χ2v) is 7.19. The number of nitrogens with one attached hydrogen (secondary N) is 2. The van der Waals surface area contributed by atoms with E-state index in [1.165, 1.54) is 12.7 Å². The van der Waals surface area contributed by atoms with Crippen LogP contribution in [0.2, 0.25) is 5.02 Å². The monoisotopic (exact) mass is 390 g/mol. The van der Waals surface area contributed by atoms with Gasteiger partial charge in [0.1, 0.15) is 0 Å². The maximum Gasteiger partial charge on any atom is 0.337 e.